The maximum Gasteiger partial charge on any atom is 0.306 e. The quantitative estimate of drug-likeness (QED) is 0.0195. The fraction of sp³-hybridized carbons (Fsp3) is 0.917. The minimum atomic E-state index is -1.61. The van der Waals surface area contributed by atoms with E-state index in [-0.39, 0.29) is 13.0 Å². The van der Waals surface area contributed by atoms with Crippen molar-refractivity contribution in [3.63, 3.8) is 0 Å². The zero-order valence-electron chi connectivity index (χ0n) is 54.6. The third-order valence-electron chi connectivity index (χ3n) is 17.4. The number of rotatable bonds is 63. The molecule has 0 saturated carbocycles. The summed E-state index contributed by atoms with van der Waals surface area (Å²) >= 11 is 0. The summed E-state index contributed by atoms with van der Waals surface area (Å²) in [5, 5.41) is 57.3. The second-order valence-electron chi connectivity index (χ2n) is 25.3. The summed E-state index contributed by atoms with van der Waals surface area (Å²) in [6.45, 7) is 5.85. The molecular formula is C72H137NO10. The minimum absolute atomic E-state index is 0.131. The Kier molecular flexibility index (Phi) is 57.6. The van der Waals surface area contributed by atoms with E-state index in [2.05, 4.69) is 38.2 Å². The molecular weight excluding hydrogens is 1040 g/mol. The molecule has 490 valence electrons. The van der Waals surface area contributed by atoms with E-state index in [0.29, 0.717) is 19.3 Å². The fourth-order valence-electron chi connectivity index (χ4n) is 11.7. The van der Waals surface area contributed by atoms with Crippen LogP contribution in [0.1, 0.15) is 361 Å². The lowest BCUT2D eigenvalue weighted by molar-refractivity contribution is -0.305. The first-order valence-electron chi connectivity index (χ1n) is 36.1. The van der Waals surface area contributed by atoms with Crippen LogP contribution in [0, 0.1) is 0 Å². The molecule has 11 heteroatoms. The number of carbonyl (C=O) groups excluding carboxylic acids is 2. The lowest BCUT2D eigenvalue weighted by Crippen LogP contribution is -2.61. The monoisotopic (exact) mass is 1180 g/mol. The van der Waals surface area contributed by atoms with Crippen LogP contribution >= 0.6 is 0 Å². The molecule has 0 aromatic carbocycles. The van der Waals surface area contributed by atoms with Gasteiger partial charge in [0.2, 0.25) is 5.91 Å². The van der Waals surface area contributed by atoms with E-state index in [0.717, 1.165) is 57.8 Å². The molecule has 0 radical (unpaired) electrons. The smallest absolute Gasteiger partial charge is 0.306 e. The van der Waals surface area contributed by atoms with Crippen LogP contribution in [0.4, 0.5) is 0 Å². The van der Waals surface area contributed by atoms with Crippen LogP contribution in [-0.4, -0.2) is 99.6 Å². The van der Waals surface area contributed by atoms with Gasteiger partial charge >= 0.3 is 5.97 Å². The average Bonchev–Trinajstić information content (AvgIpc) is 3.54. The molecule has 6 N–H and O–H groups in total. The number of allylic oxidation sites excluding steroid dienone is 3. The molecule has 1 rings (SSSR count). The Bertz CT molecular complexity index is 1450. The van der Waals surface area contributed by atoms with Crippen LogP contribution in [0.25, 0.3) is 0 Å². The fourth-order valence-corrected chi connectivity index (χ4v) is 11.7. The van der Waals surface area contributed by atoms with Crippen molar-refractivity contribution in [2.45, 2.75) is 410 Å². The number of nitrogens with one attached hydrogen (secondary N) is 1. The van der Waals surface area contributed by atoms with E-state index in [1.165, 1.54) is 257 Å². The van der Waals surface area contributed by atoms with Gasteiger partial charge < -0.3 is 45.1 Å². The highest BCUT2D eigenvalue weighted by molar-refractivity contribution is 5.80. The molecule has 1 saturated heterocycles. The Balaban J connectivity index is 2.58. The third kappa shape index (κ3) is 47.8. The second kappa shape index (κ2) is 60.4. The number of aliphatic hydroxyl groups is 5. The SMILES string of the molecule is CCCCCCCC/C=C/CCCCCCCCCCCCC(O)C(=O)NC(COC1OC(CO)C(O)C(O)C1OC(=O)CCCCCCCCCCCCCCCCCCCCCCC)C(O)/C=C/CCCCCCCCCCCCC. The average molecular weight is 1180 g/mol. The molecule has 1 aliphatic rings. The van der Waals surface area contributed by atoms with Crippen LogP contribution in [0.2, 0.25) is 0 Å². The molecule has 0 aliphatic carbocycles. The number of unbranched alkanes of at least 4 members (excludes halogenated alkanes) is 47. The summed E-state index contributed by atoms with van der Waals surface area (Å²) in [4.78, 5) is 26.7. The highest BCUT2D eigenvalue weighted by Gasteiger charge is 2.47. The highest BCUT2D eigenvalue weighted by Crippen LogP contribution is 2.26. The third-order valence-corrected chi connectivity index (χ3v) is 17.4. The number of hydrogen-bond donors (Lipinski definition) is 6. The van der Waals surface area contributed by atoms with E-state index in [4.69, 9.17) is 14.2 Å². The first-order chi connectivity index (χ1) is 40.7. The molecule has 11 nitrogen and oxygen atoms in total. The van der Waals surface area contributed by atoms with Crippen molar-refractivity contribution >= 4 is 11.9 Å². The van der Waals surface area contributed by atoms with Crippen molar-refractivity contribution in [3.05, 3.63) is 24.3 Å². The van der Waals surface area contributed by atoms with Crippen LogP contribution < -0.4 is 5.32 Å². The van der Waals surface area contributed by atoms with Gasteiger partial charge in [0.1, 0.15) is 24.4 Å². The lowest BCUT2D eigenvalue weighted by atomic mass is 9.99. The summed E-state index contributed by atoms with van der Waals surface area (Å²) in [6, 6.07) is -1.02. The zero-order valence-corrected chi connectivity index (χ0v) is 54.6. The lowest BCUT2D eigenvalue weighted by Gasteiger charge is -2.41. The Hall–Kier alpha value is -1.86. The topological polar surface area (TPSA) is 175 Å². The Morgan fingerprint density at radius 3 is 1.17 bits per heavy atom. The van der Waals surface area contributed by atoms with Crippen LogP contribution in [-0.2, 0) is 23.8 Å². The summed E-state index contributed by atoms with van der Waals surface area (Å²) in [5.74, 6) is -1.17. The summed E-state index contributed by atoms with van der Waals surface area (Å²) in [5.41, 5.74) is 0. The first kappa shape index (κ1) is 79.2. The van der Waals surface area contributed by atoms with Crippen molar-refractivity contribution in [2.75, 3.05) is 13.2 Å². The maximum atomic E-state index is 13.5. The number of amides is 1. The van der Waals surface area contributed by atoms with Gasteiger partial charge in [0.15, 0.2) is 12.4 Å². The van der Waals surface area contributed by atoms with E-state index < -0.39 is 67.4 Å². The number of hydrogen-bond acceptors (Lipinski definition) is 10. The van der Waals surface area contributed by atoms with Gasteiger partial charge in [0, 0.05) is 6.42 Å². The van der Waals surface area contributed by atoms with Gasteiger partial charge in [-0.05, 0) is 51.4 Å². The molecule has 83 heavy (non-hydrogen) atoms. The predicted molar refractivity (Wildman–Crippen MR) is 348 cm³/mol. The van der Waals surface area contributed by atoms with E-state index >= 15 is 0 Å². The molecule has 8 unspecified atom stereocenters. The van der Waals surface area contributed by atoms with E-state index in [1.54, 1.807) is 6.08 Å². The van der Waals surface area contributed by atoms with Gasteiger partial charge in [-0.2, -0.15) is 0 Å². The normalized spacial score (nSPS) is 18.6. The second-order valence-corrected chi connectivity index (χ2v) is 25.3. The van der Waals surface area contributed by atoms with Crippen molar-refractivity contribution in [1.29, 1.82) is 0 Å². The molecule has 0 aromatic rings. The van der Waals surface area contributed by atoms with Crippen molar-refractivity contribution in [2.24, 2.45) is 0 Å². The minimum Gasteiger partial charge on any atom is -0.454 e. The standard InChI is InChI=1S/C72H137NO10/c1-4-7-10-13-16-19-22-25-27-29-31-33-35-37-39-42-45-48-51-54-57-60-67(77)83-70-69(79)68(78)66(61-74)82-72(70)81-62-63(64(75)58-55-52-49-46-43-40-24-21-18-15-12-9-6-3)73-71(80)65(76)59-56-53-50-47-44-41-38-36-34-32-30-28-26-23-20-17-14-11-8-5-2/h26,28,55,58,63-66,68-70,72,74-76,78-79H,4-25,27,29-54,56-57,59-62H2,1-3H3,(H,73,80)/b28-26+,58-55+. The largest absolute Gasteiger partial charge is 0.454 e. The Morgan fingerprint density at radius 1 is 0.458 bits per heavy atom. The van der Waals surface area contributed by atoms with Crippen molar-refractivity contribution < 1.29 is 49.3 Å². The van der Waals surface area contributed by atoms with E-state index in [1.807, 2.05) is 6.08 Å². The van der Waals surface area contributed by atoms with Gasteiger partial charge in [-0.3, -0.25) is 9.59 Å². The van der Waals surface area contributed by atoms with Crippen LogP contribution in [0.3, 0.4) is 0 Å². The Labute approximate surface area is 511 Å². The zero-order chi connectivity index (χ0) is 60.3. The van der Waals surface area contributed by atoms with Crippen LogP contribution in [0.5, 0.6) is 0 Å². The molecule has 1 fully saturated rings. The highest BCUT2D eigenvalue weighted by atomic mass is 16.7. The van der Waals surface area contributed by atoms with Gasteiger partial charge in [-0.15, -0.1) is 0 Å². The summed E-state index contributed by atoms with van der Waals surface area (Å²) in [7, 11) is 0. The first-order valence-corrected chi connectivity index (χ1v) is 36.1. The van der Waals surface area contributed by atoms with Gasteiger partial charge in [0.05, 0.1) is 25.4 Å². The summed E-state index contributed by atoms with van der Waals surface area (Å²) in [6.07, 6.45) is 62.2. The molecule has 8 atom stereocenters. The van der Waals surface area contributed by atoms with Gasteiger partial charge in [0.25, 0.3) is 0 Å². The molecule has 0 bridgehead atoms. The number of carbonyl (C=O) groups is 2. The predicted octanol–water partition coefficient (Wildman–Crippen LogP) is 18.4. The number of ether oxygens (including phenoxy) is 3. The number of esters is 1. The molecule has 1 heterocycles. The molecule has 0 spiro atoms. The van der Waals surface area contributed by atoms with Gasteiger partial charge in [-0.25, -0.2) is 0 Å². The maximum absolute atomic E-state index is 13.5. The van der Waals surface area contributed by atoms with Crippen molar-refractivity contribution in [3.8, 4) is 0 Å². The van der Waals surface area contributed by atoms with Crippen LogP contribution in [0.15, 0.2) is 24.3 Å². The van der Waals surface area contributed by atoms with Gasteiger partial charge in [-0.1, -0.05) is 328 Å². The molecule has 0 aromatic heterocycles. The Morgan fingerprint density at radius 2 is 0.795 bits per heavy atom. The van der Waals surface area contributed by atoms with Crippen molar-refractivity contribution in [1.82, 2.24) is 5.32 Å². The van der Waals surface area contributed by atoms with E-state index in [9.17, 15) is 35.1 Å². The summed E-state index contributed by atoms with van der Waals surface area (Å²) < 4.78 is 17.7. The molecule has 1 aliphatic heterocycles. The number of aliphatic hydroxyl groups excluding tert-OH is 5. The molecule has 1 amide bonds.